The lowest BCUT2D eigenvalue weighted by atomic mass is 9.97. The van der Waals surface area contributed by atoms with E-state index in [0.29, 0.717) is 12.8 Å². The van der Waals surface area contributed by atoms with Crippen molar-refractivity contribution < 1.29 is 9.53 Å². The summed E-state index contributed by atoms with van der Waals surface area (Å²) in [5.74, 6) is -0.630. The van der Waals surface area contributed by atoms with Crippen LogP contribution < -0.4 is 5.73 Å². The Kier molecular flexibility index (Phi) is 4.30. The van der Waals surface area contributed by atoms with Gasteiger partial charge in [0.2, 0.25) is 5.54 Å². The monoisotopic (exact) mass is 170 g/mol. The predicted molar refractivity (Wildman–Crippen MR) is 44.1 cm³/mol. The second-order valence-corrected chi connectivity index (χ2v) is 2.55. The summed E-state index contributed by atoms with van der Waals surface area (Å²) in [5.41, 5.74) is 4.05. The molecule has 0 aliphatic heterocycles. The van der Waals surface area contributed by atoms with Gasteiger partial charge in [0.05, 0.1) is 12.7 Å². The summed E-state index contributed by atoms with van der Waals surface area (Å²) in [6.45, 7) is 3.79. The van der Waals surface area contributed by atoms with Gasteiger partial charge in [-0.2, -0.15) is 5.26 Å². The second kappa shape index (κ2) is 4.73. The summed E-state index contributed by atoms with van der Waals surface area (Å²) in [6, 6.07) is 1.77. The topological polar surface area (TPSA) is 76.1 Å². The number of hydrogen-bond acceptors (Lipinski definition) is 4. The number of carbonyl (C=O) groups is 1. The smallest absolute Gasteiger partial charge is 0.340 e. The minimum atomic E-state index is -1.45. The highest BCUT2D eigenvalue weighted by Crippen LogP contribution is 2.10. The van der Waals surface area contributed by atoms with Gasteiger partial charge in [-0.3, -0.25) is 0 Å². The molecule has 1 unspecified atom stereocenters. The summed E-state index contributed by atoms with van der Waals surface area (Å²) in [5, 5.41) is 8.64. The van der Waals surface area contributed by atoms with Gasteiger partial charge in [-0.25, -0.2) is 4.79 Å². The van der Waals surface area contributed by atoms with Gasteiger partial charge in [0, 0.05) is 0 Å². The lowest BCUT2D eigenvalue weighted by Crippen LogP contribution is -2.47. The molecule has 4 heteroatoms. The van der Waals surface area contributed by atoms with Crippen molar-refractivity contribution in [3.63, 3.8) is 0 Å². The number of nitrogens with zero attached hydrogens (tertiary/aromatic N) is 1. The van der Waals surface area contributed by atoms with Crippen LogP contribution in [0.4, 0.5) is 0 Å². The Bertz CT molecular complexity index is 198. The van der Waals surface area contributed by atoms with Crippen LogP contribution in [0.1, 0.15) is 26.7 Å². The fourth-order valence-electron chi connectivity index (χ4n) is 0.858. The molecular formula is C8H14N2O2. The van der Waals surface area contributed by atoms with E-state index in [-0.39, 0.29) is 6.61 Å². The molecule has 0 radical (unpaired) electrons. The number of carbonyl (C=O) groups excluding carboxylic acids is 1. The first-order chi connectivity index (χ1) is 5.60. The van der Waals surface area contributed by atoms with Gasteiger partial charge in [-0.1, -0.05) is 13.3 Å². The van der Waals surface area contributed by atoms with Gasteiger partial charge >= 0.3 is 5.97 Å². The molecule has 12 heavy (non-hydrogen) atoms. The van der Waals surface area contributed by atoms with E-state index in [2.05, 4.69) is 4.74 Å². The molecule has 0 saturated carbocycles. The molecule has 0 aromatic heterocycles. The van der Waals surface area contributed by atoms with Crippen molar-refractivity contribution in [2.75, 3.05) is 6.61 Å². The van der Waals surface area contributed by atoms with E-state index in [0.717, 1.165) is 0 Å². The van der Waals surface area contributed by atoms with Gasteiger partial charge in [-0.05, 0) is 13.3 Å². The standard InChI is InChI=1S/C8H14N2O2/c1-3-5-8(10,6-9)7(11)12-4-2/h3-5,10H2,1-2H3. The summed E-state index contributed by atoms with van der Waals surface area (Å²) < 4.78 is 4.66. The average Bonchev–Trinajstić information content (AvgIpc) is 2.05. The van der Waals surface area contributed by atoms with Gasteiger partial charge in [-0.15, -0.1) is 0 Å². The number of nitriles is 1. The van der Waals surface area contributed by atoms with Crippen LogP contribution >= 0.6 is 0 Å². The molecule has 0 aromatic rings. The van der Waals surface area contributed by atoms with Crippen molar-refractivity contribution in [3.8, 4) is 6.07 Å². The highest BCUT2D eigenvalue weighted by molar-refractivity contribution is 5.84. The van der Waals surface area contributed by atoms with E-state index in [1.165, 1.54) is 0 Å². The number of esters is 1. The first-order valence-electron chi connectivity index (χ1n) is 3.98. The molecule has 0 heterocycles. The molecule has 0 aromatic carbocycles. The van der Waals surface area contributed by atoms with E-state index in [1.54, 1.807) is 13.0 Å². The molecular weight excluding hydrogens is 156 g/mol. The molecule has 0 aliphatic carbocycles. The highest BCUT2D eigenvalue weighted by atomic mass is 16.5. The van der Waals surface area contributed by atoms with Crippen molar-refractivity contribution in [1.29, 1.82) is 5.26 Å². The summed E-state index contributed by atoms with van der Waals surface area (Å²) in [7, 11) is 0. The minimum Gasteiger partial charge on any atom is -0.464 e. The van der Waals surface area contributed by atoms with Gasteiger partial charge in [0.1, 0.15) is 0 Å². The van der Waals surface area contributed by atoms with Crippen LogP contribution in [0.3, 0.4) is 0 Å². The van der Waals surface area contributed by atoms with Crippen LogP contribution in [0.5, 0.6) is 0 Å². The molecule has 0 fully saturated rings. The Labute approximate surface area is 72.3 Å². The van der Waals surface area contributed by atoms with Gasteiger partial charge in [0.25, 0.3) is 0 Å². The Morgan fingerprint density at radius 3 is 2.58 bits per heavy atom. The SMILES string of the molecule is CCCC(N)(C#N)C(=O)OCC. The number of nitrogens with two attached hydrogens (primary N) is 1. The number of rotatable bonds is 4. The van der Waals surface area contributed by atoms with Crippen molar-refractivity contribution in [2.45, 2.75) is 32.2 Å². The van der Waals surface area contributed by atoms with E-state index in [1.807, 2.05) is 6.92 Å². The third kappa shape index (κ3) is 2.51. The molecule has 1 atom stereocenters. The van der Waals surface area contributed by atoms with Crippen LogP contribution in [0.15, 0.2) is 0 Å². The van der Waals surface area contributed by atoms with Crippen LogP contribution in [-0.2, 0) is 9.53 Å². The Morgan fingerprint density at radius 1 is 1.67 bits per heavy atom. The molecule has 0 saturated heterocycles. The normalized spacial score (nSPS) is 14.5. The quantitative estimate of drug-likeness (QED) is 0.626. The molecule has 68 valence electrons. The minimum absolute atomic E-state index is 0.253. The highest BCUT2D eigenvalue weighted by Gasteiger charge is 2.34. The van der Waals surface area contributed by atoms with Crippen molar-refractivity contribution in [2.24, 2.45) is 5.73 Å². The third-order valence-electron chi connectivity index (χ3n) is 1.48. The lowest BCUT2D eigenvalue weighted by molar-refractivity contribution is -0.147. The van der Waals surface area contributed by atoms with Crippen LogP contribution in [-0.4, -0.2) is 18.1 Å². The maximum atomic E-state index is 11.1. The summed E-state index contributed by atoms with van der Waals surface area (Å²) >= 11 is 0. The number of ether oxygens (including phenoxy) is 1. The van der Waals surface area contributed by atoms with Gasteiger partial charge in [0.15, 0.2) is 0 Å². The van der Waals surface area contributed by atoms with Gasteiger partial charge < -0.3 is 10.5 Å². The van der Waals surface area contributed by atoms with Crippen molar-refractivity contribution in [3.05, 3.63) is 0 Å². The van der Waals surface area contributed by atoms with Crippen LogP contribution in [0.25, 0.3) is 0 Å². The number of hydrogen-bond donors (Lipinski definition) is 1. The Balaban J connectivity index is 4.32. The largest absolute Gasteiger partial charge is 0.464 e. The van der Waals surface area contributed by atoms with Crippen LogP contribution in [0.2, 0.25) is 0 Å². The lowest BCUT2D eigenvalue weighted by Gasteiger charge is -2.17. The molecule has 0 rings (SSSR count). The first-order valence-corrected chi connectivity index (χ1v) is 3.98. The van der Waals surface area contributed by atoms with E-state index < -0.39 is 11.5 Å². The molecule has 0 amide bonds. The van der Waals surface area contributed by atoms with Crippen LogP contribution in [0, 0.1) is 11.3 Å². The fraction of sp³-hybridized carbons (Fsp3) is 0.750. The Morgan fingerprint density at radius 2 is 2.25 bits per heavy atom. The summed E-state index contributed by atoms with van der Waals surface area (Å²) in [6.07, 6.45) is 1.02. The predicted octanol–water partition coefficient (Wildman–Crippen LogP) is 0.571. The van der Waals surface area contributed by atoms with Crippen molar-refractivity contribution >= 4 is 5.97 Å². The van der Waals surface area contributed by atoms with E-state index in [4.69, 9.17) is 11.0 Å². The summed E-state index contributed by atoms with van der Waals surface area (Å²) in [4.78, 5) is 11.1. The third-order valence-corrected chi connectivity index (χ3v) is 1.48. The maximum absolute atomic E-state index is 11.1. The molecule has 0 aliphatic rings. The van der Waals surface area contributed by atoms with E-state index >= 15 is 0 Å². The van der Waals surface area contributed by atoms with Crippen molar-refractivity contribution in [1.82, 2.24) is 0 Å². The average molecular weight is 170 g/mol. The second-order valence-electron chi connectivity index (χ2n) is 2.55. The zero-order valence-electron chi connectivity index (χ0n) is 7.46. The molecule has 4 nitrogen and oxygen atoms in total. The maximum Gasteiger partial charge on any atom is 0.340 e. The first kappa shape index (κ1) is 10.9. The van der Waals surface area contributed by atoms with E-state index in [9.17, 15) is 4.79 Å². The molecule has 0 spiro atoms. The fourth-order valence-corrected chi connectivity index (χ4v) is 0.858. The molecule has 2 N–H and O–H groups in total. The zero-order chi connectivity index (χ0) is 9.61. The Hall–Kier alpha value is -1.08. The zero-order valence-corrected chi connectivity index (χ0v) is 7.46. The molecule has 0 bridgehead atoms.